The van der Waals surface area contributed by atoms with Crippen LogP contribution in [0.2, 0.25) is 0 Å². The number of hydrogen-bond donors (Lipinski definition) is 0. The summed E-state index contributed by atoms with van der Waals surface area (Å²) in [7, 11) is 0. The standard InChI is InChI=1S/C12H13N/c1-2-8-4-3-5-10-11-6-9(11)7-13-12(8)10/h3-5,7,9,11H,2,6H2,1H3. The molecular formula is C12H13N. The van der Waals surface area contributed by atoms with Crippen LogP contribution in [0, 0.1) is 5.92 Å². The van der Waals surface area contributed by atoms with E-state index in [1.165, 1.54) is 23.2 Å². The van der Waals surface area contributed by atoms with Gasteiger partial charge in [0.25, 0.3) is 0 Å². The van der Waals surface area contributed by atoms with Crippen LogP contribution in [-0.4, -0.2) is 6.21 Å². The molecule has 1 aromatic rings. The molecule has 0 aromatic heterocycles. The second kappa shape index (κ2) is 2.44. The molecular weight excluding hydrogens is 158 g/mol. The highest BCUT2D eigenvalue weighted by Crippen LogP contribution is 2.52. The van der Waals surface area contributed by atoms with Crippen LogP contribution < -0.4 is 0 Å². The molecule has 13 heavy (non-hydrogen) atoms. The fourth-order valence-corrected chi connectivity index (χ4v) is 2.26. The Kier molecular flexibility index (Phi) is 1.37. The fourth-order valence-electron chi connectivity index (χ4n) is 2.26. The maximum absolute atomic E-state index is 4.56. The van der Waals surface area contributed by atoms with Gasteiger partial charge in [0.05, 0.1) is 5.69 Å². The van der Waals surface area contributed by atoms with Crippen LogP contribution in [0.4, 0.5) is 5.69 Å². The molecule has 2 unspecified atom stereocenters. The Morgan fingerprint density at radius 1 is 1.46 bits per heavy atom. The van der Waals surface area contributed by atoms with Gasteiger partial charge in [-0.1, -0.05) is 25.1 Å². The van der Waals surface area contributed by atoms with E-state index in [0.717, 1.165) is 18.3 Å². The van der Waals surface area contributed by atoms with Crippen LogP contribution in [0.25, 0.3) is 0 Å². The first-order valence-corrected chi connectivity index (χ1v) is 5.06. The van der Waals surface area contributed by atoms with Crippen molar-refractivity contribution in [2.75, 3.05) is 0 Å². The van der Waals surface area contributed by atoms with E-state index in [4.69, 9.17) is 0 Å². The van der Waals surface area contributed by atoms with Crippen LogP contribution in [0.3, 0.4) is 0 Å². The highest BCUT2D eigenvalue weighted by atomic mass is 14.8. The van der Waals surface area contributed by atoms with Crippen molar-refractivity contribution in [3.63, 3.8) is 0 Å². The van der Waals surface area contributed by atoms with Crippen LogP contribution >= 0.6 is 0 Å². The SMILES string of the molecule is CCc1cccc2c1N=CC1CC21. The summed E-state index contributed by atoms with van der Waals surface area (Å²) >= 11 is 0. The van der Waals surface area contributed by atoms with Crippen molar-refractivity contribution in [3.05, 3.63) is 29.3 Å². The maximum atomic E-state index is 4.56. The summed E-state index contributed by atoms with van der Waals surface area (Å²) in [5.41, 5.74) is 4.16. The summed E-state index contributed by atoms with van der Waals surface area (Å²) in [5, 5.41) is 0. The molecule has 0 saturated heterocycles. The minimum absolute atomic E-state index is 0.764. The average Bonchev–Trinajstić information content (AvgIpc) is 2.95. The number of benzene rings is 1. The van der Waals surface area contributed by atoms with Gasteiger partial charge in [0.15, 0.2) is 0 Å². The van der Waals surface area contributed by atoms with Crippen LogP contribution in [0.15, 0.2) is 23.2 Å². The van der Waals surface area contributed by atoms with Crippen molar-refractivity contribution in [2.45, 2.75) is 25.7 Å². The van der Waals surface area contributed by atoms with Crippen molar-refractivity contribution >= 4 is 11.9 Å². The van der Waals surface area contributed by atoms with Crippen molar-refractivity contribution in [3.8, 4) is 0 Å². The molecule has 1 fully saturated rings. The van der Waals surface area contributed by atoms with E-state index in [0.29, 0.717) is 0 Å². The number of para-hydroxylation sites is 1. The Balaban J connectivity index is 2.19. The molecule has 1 aliphatic carbocycles. The largest absolute Gasteiger partial charge is 0.260 e. The average molecular weight is 171 g/mol. The molecule has 1 aliphatic heterocycles. The lowest BCUT2D eigenvalue weighted by Crippen LogP contribution is -1.95. The number of fused-ring (bicyclic) bond motifs is 3. The Morgan fingerprint density at radius 3 is 3.23 bits per heavy atom. The highest BCUT2D eigenvalue weighted by molar-refractivity contribution is 5.78. The van der Waals surface area contributed by atoms with E-state index in [9.17, 15) is 0 Å². The number of hydrogen-bond acceptors (Lipinski definition) is 1. The van der Waals surface area contributed by atoms with Gasteiger partial charge in [-0.2, -0.15) is 0 Å². The Labute approximate surface area is 78.5 Å². The van der Waals surface area contributed by atoms with E-state index in [1.54, 1.807) is 0 Å². The van der Waals surface area contributed by atoms with Gasteiger partial charge in [0.1, 0.15) is 0 Å². The molecule has 1 heterocycles. The molecule has 1 saturated carbocycles. The van der Waals surface area contributed by atoms with Crippen LogP contribution in [0.5, 0.6) is 0 Å². The molecule has 0 bridgehead atoms. The lowest BCUT2D eigenvalue weighted by molar-refractivity contribution is 1.01. The number of rotatable bonds is 1. The van der Waals surface area contributed by atoms with E-state index in [1.807, 2.05) is 0 Å². The third kappa shape index (κ3) is 0.963. The van der Waals surface area contributed by atoms with E-state index in [2.05, 4.69) is 36.3 Å². The monoisotopic (exact) mass is 171 g/mol. The van der Waals surface area contributed by atoms with Gasteiger partial charge >= 0.3 is 0 Å². The second-order valence-electron chi connectivity index (χ2n) is 3.99. The van der Waals surface area contributed by atoms with Crippen molar-refractivity contribution in [1.82, 2.24) is 0 Å². The zero-order chi connectivity index (χ0) is 8.84. The third-order valence-electron chi connectivity index (χ3n) is 3.17. The second-order valence-corrected chi connectivity index (χ2v) is 3.99. The first-order chi connectivity index (χ1) is 6.40. The molecule has 0 N–H and O–H groups in total. The number of nitrogens with zero attached hydrogens (tertiary/aromatic N) is 1. The molecule has 2 aliphatic rings. The Morgan fingerprint density at radius 2 is 2.38 bits per heavy atom. The lowest BCUT2D eigenvalue weighted by Gasteiger charge is -2.12. The fraction of sp³-hybridized carbons (Fsp3) is 0.417. The van der Waals surface area contributed by atoms with Gasteiger partial charge in [-0.25, -0.2) is 0 Å². The van der Waals surface area contributed by atoms with E-state index in [-0.39, 0.29) is 0 Å². The zero-order valence-electron chi connectivity index (χ0n) is 7.83. The lowest BCUT2D eigenvalue weighted by atomic mass is 9.99. The number of aryl methyl sites for hydroxylation is 1. The van der Waals surface area contributed by atoms with Gasteiger partial charge in [-0.15, -0.1) is 0 Å². The van der Waals surface area contributed by atoms with Gasteiger partial charge in [0, 0.05) is 12.1 Å². The molecule has 66 valence electrons. The highest BCUT2D eigenvalue weighted by Gasteiger charge is 2.40. The number of aliphatic imine (C=N–C) groups is 1. The summed E-state index contributed by atoms with van der Waals surface area (Å²) in [6.07, 6.45) is 4.56. The molecule has 0 spiro atoms. The molecule has 3 rings (SSSR count). The maximum Gasteiger partial charge on any atom is 0.0692 e. The quantitative estimate of drug-likeness (QED) is 0.615. The van der Waals surface area contributed by atoms with Gasteiger partial charge in [-0.05, 0) is 29.9 Å². The first-order valence-electron chi connectivity index (χ1n) is 5.06. The first kappa shape index (κ1) is 7.31. The summed E-state index contributed by atoms with van der Waals surface area (Å²) < 4.78 is 0. The zero-order valence-corrected chi connectivity index (χ0v) is 7.83. The molecule has 2 atom stereocenters. The Hall–Kier alpha value is -1.11. The molecule has 1 heteroatoms. The molecule has 1 nitrogen and oxygen atoms in total. The van der Waals surface area contributed by atoms with Gasteiger partial charge in [0.2, 0.25) is 0 Å². The summed E-state index contributed by atoms with van der Waals surface area (Å²) in [4.78, 5) is 4.56. The van der Waals surface area contributed by atoms with Gasteiger partial charge in [-0.3, -0.25) is 4.99 Å². The van der Waals surface area contributed by atoms with E-state index < -0.39 is 0 Å². The predicted molar refractivity (Wildman–Crippen MR) is 54.8 cm³/mol. The third-order valence-corrected chi connectivity index (χ3v) is 3.17. The van der Waals surface area contributed by atoms with Crippen molar-refractivity contribution in [1.29, 1.82) is 0 Å². The summed E-state index contributed by atoms with van der Waals surface area (Å²) in [5.74, 6) is 1.57. The van der Waals surface area contributed by atoms with E-state index >= 15 is 0 Å². The molecule has 1 aromatic carbocycles. The summed E-state index contributed by atoms with van der Waals surface area (Å²) in [6.45, 7) is 2.20. The minimum atomic E-state index is 0.764. The van der Waals surface area contributed by atoms with Crippen molar-refractivity contribution < 1.29 is 0 Å². The normalized spacial score (nSPS) is 28.1. The van der Waals surface area contributed by atoms with Crippen LogP contribution in [-0.2, 0) is 6.42 Å². The molecule has 0 radical (unpaired) electrons. The summed E-state index contributed by atoms with van der Waals surface area (Å²) in [6, 6.07) is 6.61. The topological polar surface area (TPSA) is 12.4 Å². The minimum Gasteiger partial charge on any atom is -0.260 e. The van der Waals surface area contributed by atoms with Crippen LogP contribution in [0.1, 0.15) is 30.4 Å². The molecule has 0 amide bonds. The Bertz CT molecular complexity index is 379. The van der Waals surface area contributed by atoms with Gasteiger partial charge < -0.3 is 0 Å². The predicted octanol–water partition coefficient (Wildman–Crippen LogP) is 3.07. The smallest absolute Gasteiger partial charge is 0.0692 e. The van der Waals surface area contributed by atoms with Crippen molar-refractivity contribution in [2.24, 2.45) is 10.9 Å².